The van der Waals surface area contributed by atoms with Crippen molar-refractivity contribution in [3.8, 4) is 5.75 Å². The molecule has 2 aromatic rings. The molecule has 1 aliphatic heterocycles. The largest absolute Gasteiger partial charge is 0.491 e. The third-order valence-electron chi connectivity index (χ3n) is 3.63. The number of hydrogen-bond donors (Lipinski definition) is 2. The minimum absolute atomic E-state index is 0.139. The number of nitrogens with one attached hydrogen (secondary N) is 2. The molecule has 5 nitrogen and oxygen atoms in total. The summed E-state index contributed by atoms with van der Waals surface area (Å²) in [6, 6.07) is 9.83. The molecule has 0 bridgehead atoms. The zero-order valence-electron chi connectivity index (χ0n) is 11.8. The van der Waals surface area contributed by atoms with Gasteiger partial charge in [0.1, 0.15) is 11.3 Å². The van der Waals surface area contributed by atoms with Crippen LogP contribution in [0, 0.1) is 5.92 Å². The van der Waals surface area contributed by atoms with E-state index in [4.69, 9.17) is 4.74 Å². The van der Waals surface area contributed by atoms with Crippen LogP contribution in [0.5, 0.6) is 5.75 Å². The molecular weight excluding hydrogens is 266 g/mol. The van der Waals surface area contributed by atoms with Crippen LogP contribution in [0.1, 0.15) is 6.42 Å². The lowest BCUT2D eigenvalue weighted by molar-refractivity contribution is -0.126. The molecule has 0 aliphatic carbocycles. The van der Waals surface area contributed by atoms with Crippen molar-refractivity contribution in [3.05, 3.63) is 36.5 Å². The van der Waals surface area contributed by atoms with Crippen molar-refractivity contribution in [2.45, 2.75) is 6.42 Å². The zero-order valence-corrected chi connectivity index (χ0v) is 11.8. The van der Waals surface area contributed by atoms with Gasteiger partial charge >= 0.3 is 0 Å². The Morgan fingerprint density at radius 3 is 3.00 bits per heavy atom. The number of pyridine rings is 1. The molecule has 0 saturated carbocycles. The summed E-state index contributed by atoms with van der Waals surface area (Å²) in [5, 5.41) is 7.09. The maximum absolute atomic E-state index is 11.6. The summed E-state index contributed by atoms with van der Waals surface area (Å²) in [5.74, 6) is 1.08. The van der Waals surface area contributed by atoms with Crippen molar-refractivity contribution in [3.63, 3.8) is 0 Å². The third-order valence-corrected chi connectivity index (χ3v) is 3.63. The monoisotopic (exact) mass is 285 g/mol. The Labute approximate surface area is 123 Å². The van der Waals surface area contributed by atoms with Gasteiger partial charge in [0.05, 0.1) is 12.5 Å². The SMILES string of the molecule is O=C(NCCCOc1cccc2cccnc12)C1CNC1. The Balaban J connectivity index is 1.45. The normalized spacial score (nSPS) is 14.7. The molecule has 0 atom stereocenters. The van der Waals surface area contributed by atoms with E-state index >= 15 is 0 Å². The van der Waals surface area contributed by atoms with Gasteiger partial charge in [0.15, 0.2) is 0 Å². The van der Waals surface area contributed by atoms with Crippen LogP contribution >= 0.6 is 0 Å². The molecule has 1 saturated heterocycles. The van der Waals surface area contributed by atoms with Gasteiger partial charge < -0.3 is 15.4 Å². The molecule has 1 aliphatic rings. The molecule has 2 heterocycles. The summed E-state index contributed by atoms with van der Waals surface area (Å²) in [5.41, 5.74) is 0.879. The van der Waals surface area contributed by atoms with Gasteiger partial charge in [-0.3, -0.25) is 9.78 Å². The van der Waals surface area contributed by atoms with Gasteiger partial charge in [-0.25, -0.2) is 0 Å². The predicted octanol–water partition coefficient (Wildman–Crippen LogP) is 1.34. The standard InChI is InChI=1S/C16H19N3O2/c20-16(13-10-17-11-13)19-8-3-9-21-14-6-1-4-12-5-2-7-18-15(12)14/h1-2,4-7,13,17H,3,8-11H2,(H,19,20). The van der Waals surface area contributed by atoms with E-state index in [1.807, 2.05) is 30.3 Å². The number of benzene rings is 1. The molecule has 0 spiro atoms. The van der Waals surface area contributed by atoms with E-state index in [2.05, 4.69) is 15.6 Å². The van der Waals surface area contributed by atoms with Gasteiger partial charge in [-0.1, -0.05) is 18.2 Å². The van der Waals surface area contributed by atoms with Crippen molar-refractivity contribution in [1.82, 2.24) is 15.6 Å². The highest BCUT2D eigenvalue weighted by Crippen LogP contribution is 2.22. The lowest BCUT2D eigenvalue weighted by atomic mass is 10.0. The molecule has 1 amide bonds. The zero-order chi connectivity index (χ0) is 14.5. The first-order valence-electron chi connectivity index (χ1n) is 7.29. The second-order valence-corrected chi connectivity index (χ2v) is 5.18. The molecule has 1 fully saturated rings. The molecular formula is C16H19N3O2. The summed E-state index contributed by atoms with van der Waals surface area (Å²) >= 11 is 0. The van der Waals surface area contributed by atoms with E-state index in [9.17, 15) is 4.79 Å². The molecule has 1 aromatic carbocycles. The van der Waals surface area contributed by atoms with E-state index in [-0.39, 0.29) is 11.8 Å². The molecule has 0 unspecified atom stereocenters. The summed E-state index contributed by atoms with van der Waals surface area (Å²) in [6.07, 6.45) is 2.55. The number of rotatable bonds is 6. The molecule has 2 N–H and O–H groups in total. The van der Waals surface area contributed by atoms with Crippen molar-refractivity contribution in [1.29, 1.82) is 0 Å². The lowest BCUT2D eigenvalue weighted by Gasteiger charge is -2.25. The average molecular weight is 285 g/mol. The van der Waals surface area contributed by atoms with Gasteiger partial charge in [0.25, 0.3) is 0 Å². The minimum atomic E-state index is 0.139. The first kappa shape index (κ1) is 13.8. The highest BCUT2D eigenvalue weighted by Gasteiger charge is 2.23. The number of carbonyl (C=O) groups is 1. The first-order valence-corrected chi connectivity index (χ1v) is 7.29. The molecule has 1 aromatic heterocycles. The van der Waals surface area contributed by atoms with Crippen LogP contribution in [0.3, 0.4) is 0 Å². The fourth-order valence-corrected chi connectivity index (χ4v) is 2.28. The van der Waals surface area contributed by atoms with E-state index in [1.165, 1.54) is 0 Å². The highest BCUT2D eigenvalue weighted by atomic mass is 16.5. The Morgan fingerprint density at radius 2 is 2.19 bits per heavy atom. The number of hydrogen-bond acceptors (Lipinski definition) is 4. The Hall–Kier alpha value is -2.14. The Bertz CT molecular complexity index is 620. The van der Waals surface area contributed by atoms with Crippen LogP contribution in [0.4, 0.5) is 0 Å². The van der Waals surface area contributed by atoms with Crippen molar-refractivity contribution < 1.29 is 9.53 Å². The van der Waals surface area contributed by atoms with Gasteiger partial charge in [0, 0.05) is 31.2 Å². The number of para-hydroxylation sites is 1. The molecule has 110 valence electrons. The number of amides is 1. The van der Waals surface area contributed by atoms with Gasteiger partial charge in [-0.2, -0.15) is 0 Å². The number of fused-ring (bicyclic) bond motifs is 1. The third kappa shape index (κ3) is 3.31. The number of aromatic nitrogens is 1. The minimum Gasteiger partial charge on any atom is -0.491 e. The number of ether oxygens (including phenoxy) is 1. The molecule has 5 heteroatoms. The summed E-state index contributed by atoms with van der Waals surface area (Å²) in [7, 11) is 0. The van der Waals surface area contributed by atoms with Crippen molar-refractivity contribution >= 4 is 16.8 Å². The fourth-order valence-electron chi connectivity index (χ4n) is 2.28. The van der Waals surface area contributed by atoms with Crippen LogP contribution in [0.15, 0.2) is 36.5 Å². The molecule has 3 rings (SSSR count). The highest BCUT2D eigenvalue weighted by molar-refractivity contribution is 5.84. The van der Waals surface area contributed by atoms with Crippen molar-refractivity contribution in [2.75, 3.05) is 26.2 Å². The summed E-state index contributed by atoms with van der Waals surface area (Å²) < 4.78 is 5.78. The summed E-state index contributed by atoms with van der Waals surface area (Å²) in [6.45, 7) is 2.81. The van der Waals surface area contributed by atoms with Crippen LogP contribution in [0.25, 0.3) is 10.9 Å². The van der Waals surface area contributed by atoms with E-state index in [0.29, 0.717) is 13.2 Å². The summed E-state index contributed by atoms with van der Waals surface area (Å²) in [4.78, 5) is 16.0. The average Bonchev–Trinajstić information content (AvgIpc) is 2.45. The molecule has 0 radical (unpaired) electrons. The maximum atomic E-state index is 11.6. The second-order valence-electron chi connectivity index (χ2n) is 5.18. The van der Waals surface area contributed by atoms with Gasteiger partial charge in [0.2, 0.25) is 5.91 Å². The van der Waals surface area contributed by atoms with Gasteiger partial charge in [-0.05, 0) is 18.6 Å². The topological polar surface area (TPSA) is 63.2 Å². The van der Waals surface area contributed by atoms with Gasteiger partial charge in [-0.15, -0.1) is 0 Å². The Kier molecular flexibility index (Phi) is 4.31. The molecule has 21 heavy (non-hydrogen) atoms. The number of carbonyl (C=O) groups excluding carboxylic acids is 1. The van der Waals surface area contributed by atoms with Crippen molar-refractivity contribution in [2.24, 2.45) is 5.92 Å². The number of nitrogens with zero attached hydrogens (tertiary/aromatic N) is 1. The van der Waals surface area contributed by atoms with Crippen LogP contribution < -0.4 is 15.4 Å². The van der Waals surface area contributed by atoms with E-state index in [0.717, 1.165) is 36.2 Å². The lowest BCUT2D eigenvalue weighted by Crippen LogP contribution is -2.50. The quantitative estimate of drug-likeness (QED) is 0.786. The van der Waals surface area contributed by atoms with Crippen LogP contribution in [-0.2, 0) is 4.79 Å². The van der Waals surface area contributed by atoms with E-state index < -0.39 is 0 Å². The Morgan fingerprint density at radius 1 is 1.33 bits per heavy atom. The maximum Gasteiger partial charge on any atom is 0.225 e. The van der Waals surface area contributed by atoms with E-state index in [1.54, 1.807) is 6.20 Å². The van der Waals surface area contributed by atoms with Crippen LogP contribution in [-0.4, -0.2) is 37.1 Å². The first-order chi connectivity index (χ1) is 10.3. The smallest absolute Gasteiger partial charge is 0.225 e. The van der Waals surface area contributed by atoms with Crippen LogP contribution in [0.2, 0.25) is 0 Å². The predicted molar refractivity (Wildman–Crippen MR) is 81.2 cm³/mol. The second kappa shape index (κ2) is 6.54. The fraction of sp³-hybridized carbons (Fsp3) is 0.375.